The molecule has 0 atom stereocenters. The molecule has 0 aliphatic rings. The molecule has 9 heteroatoms. The first kappa shape index (κ1) is 13.9. The van der Waals surface area contributed by atoms with E-state index in [1.54, 1.807) is 6.92 Å². The second-order valence-electron chi connectivity index (χ2n) is 3.60. The average Bonchev–Trinajstić information content (AvgIpc) is 2.39. The highest BCUT2D eigenvalue weighted by Gasteiger charge is 2.24. The van der Waals surface area contributed by atoms with Gasteiger partial charge in [0.15, 0.2) is 0 Å². The molecule has 0 unspecified atom stereocenters. The molecule has 2 rings (SSSR count). The molecule has 0 radical (unpaired) electrons. The average molecular weight is 296 g/mol. The second kappa shape index (κ2) is 6.11. The van der Waals surface area contributed by atoms with Crippen molar-refractivity contribution >= 4 is 23.1 Å². The number of hydrogen-bond acceptors (Lipinski definition) is 7. The zero-order valence-electron chi connectivity index (χ0n) is 10.4. The van der Waals surface area contributed by atoms with Gasteiger partial charge in [0.2, 0.25) is 5.82 Å². The normalized spacial score (nSPS) is 10.1. The number of nitrogens with zero attached hydrogens (tertiary/aromatic N) is 4. The minimum atomic E-state index is -0.606. The highest BCUT2D eigenvalue weighted by molar-refractivity contribution is 6.30. The summed E-state index contributed by atoms with van der Waals surface area (Å²) in [5, 5.41) is 14.3. The molecule has 2 aromatic heterocycles. The Bertz CT molecular complexity index is 637. The number of nitro groups is 1. The number of halogens is 1. The van der Waals surface area contributed by atoms with Crippen molar-refractivity contribution in [3.63, 3.8) is 0 Å². The van der Waals surface area contributed by atoms with Gasteiger partial charge >= 0.3 is 11.6 Å². The van der Waals surface area contributed by atoms with Gasteiger partial charge in [-0.3, -0.25) is 15.1 Å². The third-order valence-corrected chi connectivity index (χ3v) is 2.42. The van der Waals surface area contributed by atoms with Gasteiger partial charge in [0, 0.05) is 18.8 Å². The van der Waals surface area contributed by atoms with Gasteiger partial charge in [-0.1, -0.05) is 11.6 Å². The molecule has 0 bridgehead atoms. The van der Waals surface area contributed by atoms with Gasteiger partial charge in [-0.05, 0) is 6.92 Å². The molecule has 2 heterocycles. The van der Waals surface area contributed by atoms with Crippen LogP contribution in [-0.4, -0.2) is 26.4 Å². The lowest BCUT2D eigenvalue weighted by Crippen LogP contribution is -2.06. The zero-order valence-corrected chi connectivity index (χ0v) is 11.2. The highest BCUT2D eigenvalue weighted by atomic mass is 35.5. The van der Waals surface area contributed by atoms with Crippen LogP contribution >= 0.6 is 11.6 Å². The Balaban J connectivity index is 2.40. The van der Waals surface area contributed by atoms with Crippen LogP contribution in [0.15, 0.2) is 24.8 Å². The minimum Gasteiger partial charge on any atom is -0.432 e. The largest absolute Gasteiger partial charge is 0.432 e. The fraction of sp³-hybridized carbons (Fsp3) is 0.182. The van der Waals surface area contributed by atoms with Gasteiger partial charge in [0.05, 0.1) is 16.1 Å². The van der Waals surface area contributed by atoms with E-state index < -0.39 is 4.92 Å². The van der Waals surface area contributed by atoms with E-state index in [1.165, 1.54) is 24.8 Å². The van der Waals surface area contributed by atoms with E-state index in [9.17, 15) is 10.1 Å². The van der Waals surface area contributed by atoms with Crippen LogP contribution in [-0.2, 0) is 0 Å². The maximum Gasteiger partial charge on any atom is 0.373 e. The van der Waals surface area contributed by atoms with Crippen LogP contribution in [0.5, 0.6) is 11.6 Å². The SMILES string of the molecule is CCNc1ncnc(Oc2cncc(Cl)c2)c1[N+](=O)[O-]. The Labute approximate surface area is 118 Å². The number of aromatic nitrogens is 3. The zero-order chi connectivity index (χ0) is 14.5. The summed E-state index contributed by atoms with van der Waals surface area (Å²) in [7, 11) is 0. The quantitative estimate of drug-likeness (QED) is 0.668. The Morgan fingerprint density at radius 2 is 2.25 bits per heavy atom. The molecule has 0 fully saturated rings. The van der Waals surface area contributed by atoms with Gasteiger partial charge < -0.3 is 10.1 Å². The van der Waals surface area contributed by atoms with E-state index in [0.717, 1.165) is 0 Å². The number of nitrogens with one attached hydrogen (secondary N) is 1. The first-order valence-electron chi connectivity index (χ1n) is 5.63. The lowest BCUT2D eigenvalue weighted by Gasteiger charge is -2.07. The molecular formula is C11H10ClN5O3. The van der Waals surface area contributed by atoms with Crippen molar-refractivity contribution < 1.29 is 9.66 Å². The predicted molar refractivity (Wildman–Crippen MR) is 72.2 cm³/mol. The van der Waals surface area contributed by atoms with Crippen molar-refractivity contribution in [1.29, 1.82) is 0 Å². The molecule has 8 nitrogen and oxygen atoms in total. The molecular weight excluding hydrogens is 286 g/mol. The molecule has 2 aromatic rings. The maximum atomic E-state index is 11.1. The number of rotatable bonds is 5. The van der Waals surface area contributed by atoms with E-state index in [-0.39, 0.29) is 23.1 Å². The van der Waals surface area contributed by atoms with Crippen LogP contribution in [0, 0.1) is 10.1 Å². The summed E-state index contributed by atoms with van der Waals surface area (Å²) in [5.74, 6) is 0.171. The molecule has 104 valence electrons. The van der Waals surface area contributed by atoms with Gasteiger partial charge in [0.1, 0.15) is 12.1 Å². The first-order chi connectivity index (χ1) is 9.61. The van der Waals surface area contributed by atoms with Gasteiger partial charge in [-0.25, -0.2) is 4.98 Å². The molecule has 0 aromatic carbocycles. The number of pyridine rings is 1. The fourth-order valence-electron chi connectivity index (χ4n) is 1.46. The van der Waals surface area contributed by atoms with E-state index in [1.807, 2.05) is 0 Å². The Hall–Kier alpha value is -2.48. The van der Waals surface area contributed by atoms with Gasteiger partial charge in [-0.15, -0.1) is 0 Å². The third kappa shape index (κ3) is 3.09. The topological polar surface area (TPSA) is 103 Å². The minimum absolute atomic E-state index is 0.0949. The van der Waals surface area contributed by atoms with Crippen molar-refractivity contribution in [3.05, 3.63) is 39.9 Å². The van der Waals surface area contributed by atoms with Crippen molar-refractivity contribution in [2.24, 2.45) is 0 Å². The summed E-state index contributed by atoms with van der Waals surface area (Å²) in [5.41, 5.74) is -0.339. The Morgan fingerprint density at radius 1 is 1.45 bits per heavy atom. The van der Waals surface area contributed by atoms with Crippen LogP contribution in [0.4, 0.5) is 11.5 Å². The second-order valence-corrected chi connectivity index (χ2v) is 4.04. The van der Waals surface area contributed by atoms with Crippen LogP contribution in [0.2, 0.25) is 5.02 Å². The van der Waals surface area contributed by atoms with Crippen molar-refractivity contribution in [1.82, 2.24) is 15.0 Å². The lowest BCUT2D eigenvalue weighted by molar-refractivity contribution is -0.385. The summed E-state index contributed by atoms with van der Waals surface area (Å²) in [4.78, 5) is 22.0. The van der Waals surface area contributed by atoms with Gasteiger partial charge in [-0.2, -0.15) is 4.98 Å². The maximum absolute atomic E-state index is 11.1. The molecule has 0 saturated heterocycles. The van der Waals surface area contributed by atoms with Crippen molar-refractivity contribution in [2.45, 2.75) is 6.92 Å². The van der Waals surface area contributed by atoms with Crippen LogP contribution in [0.1, 0.15) is 6.92 Å². The molecule has 1 N–H and O–H groups in total. The third-order valence-electron chi connectivity index (χ3n) is 2.21. The van der Waals surface area contributed by atoms with E-state index in [2.05, 4.69) is 20.3 Å². The standard InChI is InChI=1S/C11H10ClN5O3/c1-2-14-10-9(17(18)19)11(16-6-15-10)20-8-3-7(12)4-13-5-8/h3-6H,2H2,1H3,(H,14,15,16). The summed E-state index contributed by atoms with van der Waals surface area (Å²) in [6.45, 7) is 2.28. The van der Waals surface area contributed by atoms with E-state index in [4.69, 9.17) is 16.3 Å². The Kier molecular flexibility index (Phi) is 4.26. The first-order valence-corrected chi connectivity index (χ1v) is 6.01. The summed E-state index contributed by atoms with van der Waals surface area (Å²) < 4.78 is 5.36. The Morgan fingerprint density at radius 3 is 2.90 bits per heavy atom. The monoisotopic (exact) mass is 295 g/mol. The number of hydrogen-bond donors (Lipinski definition) is 1. The van der Waals surface area contributed by atoms with E-state index >= 15 is 0 Å². The summed E-state index contributed by atoms with van der Waals surface area (Å²) in [6, 6.07) is 1.48. The number of ether oxygens (including phenoxy) is 1. The number of anilines is 1. The lowest BCUT2D eigenvalue weighted by atomic mass is 10.4. The highest BCUT2D eigenvalue weighted by Crippen LogP contribution is 2.34. The van der Waals surface area contributed by atoms with Crippen molar-refractivity contribution in [3.8, 4) is 11.6 Å². The molecule has 0 amide bonds. The molecule has 0 spiro atoms. The molecule has 0 aliphatic heterocycles. The molecule has 0 saturated carbocycles. The van der Waals surface area contributed by atoms with Gasteiger partial charge in [0.25, 0.3) is 0 Å². The fourth-order valence-corrected chi connectivity index (χ4v) is 1.62. The van der Waals surface area contributed by atoms with Crippen LogP contribution in [0.3, 0.4) is 0 Å². The smallest absolute Gasteiger partial charge is 0.373 e. The van der Waals surface area contributed by atoms with Crippen molar-refractivity contribution in [2.75, 3.05) is 11.9 Å². The molecule has 0 aliphatic carbocycles. The molecule has 20 heavy (non-hydrogen) atoms. The summed E-state index contributed by atoms with van der Waals surface area (Å²) in [6.07, 6.45) is 3.98. The van der Waals surface area contributed by atoms with E-state index in [0.29, 0.717) is 11.6 Å². The summed E-state index contributed by atoms with van der Waals surface area (Å²) >= 11 is 5.77. The van der Waals surface area contributed by atoms with Crippen LogP contribution < -0.4 is 10.1 Å². The van der Waals surface area contributed by atoms with Crippen LogP contribution in [0.25, 0.3) is 0 Å². The predicted octanol–water partition coefficient (Wildman–Crippen LogP) is 2.66.